The van der Waals surface area contributed by atoms with E-state index in [1.807, 2.05) is 47.4 Å². The number of carbonyl (C=O) groups is 1. The van der Waals surface area contributed by atoms with Crippen molar-refractivity contribution in [2.45, 2.75) is 18.9 Å². The first kappa shape index (κ1) is 20.6. The average Bonchev–Trinajstić information content (AvgIpc) is 3.64. The Morgan fingerprint density at radius 3 is 2.48 bits per heavy atom. The first-order valence-corrected chi connectivity index (χ1v) is 10.8. The number of nitrogens with zero attached hydrogens (tertiary/aromatic N) is 3. The van der Waals surface area contributed by atoms with Gasteiger partial charge < -0.3 is 23.5 Å². The van der Waals surface area contributed by atoms with Crippen molar-refractivity contribution >= 4 is 11.8 Å². The van der Waals surface area contributed by atoms with Gasteiger partial charge in [-0.1, -0.05) is 30.3 Å². The van der Waals surface area contributed by atoms with Crippen LogP contribution in [0.1, 0.15) is 35.9 Å². The number of furan rings is 2. The van der Waals surface area contributed by atoms with Crippen molar-refractivity contribution in [1.29, 1.82) is 5.26 Å². The first-order valence-electron chi connectivity index (χ1n) is 10.8. The number of hydrogen-bond acceptors (Lipinski definition) is 7. The van der Waals surface area contributed by atoms with Crippen LogP contribution in [-0.2, 0) is 4.79 Å². The monoisotopic (exact) mass is 442 g/mol. The predicted molar refractivity (Wildman–Crippen MR) is 119 cm³/mol. The van der Waals surface area contributed by atoms with Gasteiger partial charge in [0.1, 0.15) is 17.9 Å². The SMILES string of the molecule is N#Cc1nc(-c2ccco2)oc1N1CCC(C(=O)NC(c2ccccc2)c2ccco2)CC1. The first-order chi connectivity index (χ1) is 16.2. The largest absolute Gasteiger partial charge is 0.467 e. The summed E-state index contributed by atoms with van der Waals surface area (Å²) in [5, 5.41) is 12.6. The third kappa shape index (κ3) is 4.26. The summed E-state index contributed by atoms with van der Waals surface area (Å²) in [4.78, 5) is 19.3. The van der Waals surface area contributed by atoms with E-state index in [9.17, 15) is 10.1 Å². The number of piperidine rings is 1. The number of carbonyl (C=O) groups excluding carboxylic acids is 1. The van der Waals surface area contributed by atoms with E-state index in [1.165, 1.54) is 6.26 Å². The lowest BCUT2D eigenvalue weighted by atomic mass is 9.94. The molecule has 0 saturated carbocycles. The molecule has 3 aromatic heterocycles. The predicted octanol–water partition coefficient (Wildman–Crippen LogP) is 4.52. The van der Waals surface area contributed by atoms with Crippen LogP contribution in [0.4, 0.5) is 5.88 Å². The highest BCUT2D eigenvalue weighted by atomic mass is 16.4. The van der Waals surface area contributed by atoms with E-state index >= 15 is 0 Å². The van der Waals surface area contributed by atoms with Gasteiger partial charge in [-0.15, -0.1) is 0 Å². The Kier molecular flexibility index (Phi) is 5.68. The lowest BCUT2D eigenvalue weighted by Crippen LogP contribution is -2.41. The summed E-state index contributed by atoms with van der Waals surface area (Å²) in [5.41, 5.74) is 1.18. The minimum Gasteiger partial charge on any atom is -0.467 e. The van der Waals surface area contributed by atoms with Crippen molar-refractivity contribution in [3.63, 3.8) is 0 Å². The molecule has 0 bridgehead atoms. The number of anilines is 1. The van der Waals surface area contributed by atoms with Gasteiger partial charge in [0.15, 0.2) is 5.76 Å². The Morgan fingerprint density at radius 1 is 1.06 bits per heavy atom. The molecule has 1 atom stereocenters. The lowest BCUT2D eigenvalue weighted by Gasteiger charge is -2.31. The van der Waals surface area contributed by atoms with Crippen LogP contribution in [0.15, 0.2) is 80.4 Å². The van der Waals surface area contributed by atoms with E-state index in [4.69, 9.17) is 13.3 Å². The van der Waals surface area contributed by atoms with Gasteiger partial charge >= 0.3 is 0 Å². The third-order valence-electron chi connectivity index (χ3n) is 5.85. The average molecular weight is 442 g/mol. The van der Waals surface area contributed by atoms with Crippen LogP contribution in [0, 0.1) is 17.2 Å². The van der Waals surface area contributed by atoms with Crippen molar-refractivity contribution in [2.24, 2.45) is 5.92 Å². The number of benzene rings is 1. The molecule has 0 aliphatic carbocycles. The fourth-order valence-corrected chi connectivity index (χ4v) is 4.13. The Balaban J connectivity index is 1.27. The fraction of sp³-hybridized carbons (Fsp3) is 0.240. The Morgan fingerprint density at radius 2 is 1.82 bits per heavy atom. The molecule has 8 heteroatoms. The van der Waals surface area contributed by atoms with Crippen molar-refractivity contribution in [3.05, 3.63) is 84.1 Å². The second-order valence-corrected chi connectivity index (χ2v) is 7.89. The standard InChI is InChI=1S/C25H22N4O4/c26-16-19-25(33-24(27-19)21-9-5-15-32-21)29-12-10-18(11-13-29)23(30)28-22(20-8-4-14-31-20)17-6-2-1-3-7-17/h1-9,14-15,18,22H,10-13H2,(H,28,30). The van der Waals surface area contributed by atoms with Crippen LogP contribution in [0.3, 0.4) is 0 Å². The number of nitriles is 1. The number of hydrogen-bond donors (Lipinski definition) is 1. The molecule has 4 heterocycles. The summed E-state index contributed by atoms with van der Waals surface area (Å²) in [7, 11) is 0. The molecular weight excluding hydrogens is 420 g/mol. The van der Waals surface area contributed by atoms with Crippen LogP contribution in [-0.4, -0.2) is 24.0 Å². The zero-order valence-corrected chi connectivity index (χ0v) is 17.8. The molecule has 5 rings (SSSR count). The number of amides is 1. The Labute approximate surface area is 190 Å². The number of aromatic nitrogens is 1. The zero-order chi connectivity index (χ0) is 22.6. The van der Waals surface area contributed by atoms with Crippen LogP contribution >= 0.6 is 0 Å². The zero-order valence-electron chi connectivity index (χ0n) is 17.8. The molecule has 0 radical (unpaired) electrons. The number of oxazole rings is 1. The van der Waals surface area contributed by atoms with Crippen molar-refractivity contribution < 1.29 is 18.0 Å². The third-order valence-corrected chi connectivity index (χ3v) is 5.85. The van der Waals surface area contributed by atoms with Gasteiger partial charge in [0, 0.05) is 19.0 Å². The summed E-state index contributed by atoms with van der Waals surface area (Å²) in [5.74, 6) is 1.68. The van der Waals surface area contributed by atoms with Gasteiger partial charge in [-0.05, 0) is 42.7 Å². The molecule has 33 heavy (non-hydrogen) atoms. The second kappa shape index (κ2) is 9.09. The topological polar surface area (TPSA) is 108 Å². The van der Waals surface area contributed by atoms with E-state index < -0.39 is 0 Å². The molecule has 0 spiro atoms. The van der Waals surface area contributed by atoms with Crippen molar-refractivity contribution in [2.75, 3.05) is 18.0 Å². The van der Waals surface area contributed by atoms with Gasteiger partial charge in [-0.25, -0.2) is 0 Å². The van der Waals surface area contributed by atoms with Gasteiger partial charge in [0.25, 0.3) is 5.89 Å². The second-order valence-electron chi connectivity index (χ2n) is 7.89. The summed E-state index contributed by atoms with van der Waals surface area (Å²) >= 11 is 0. The smallest absolute Gasteiger partial charge is 0.266 e. The molecule has 8 nitrogen and oxygen atoms in total. The van der Waals surface area contributed by atoms with Crippen molar-refractivity contribution in [3.8, 4) is 17.7 Å². The van der Waals surface area contributed by atoms with Crippen LogP contribution < -0.4 is 10.2 Å². The molecule has 166 valence electrons. The van der Waals surface area contributed by atoms with E-state index in [0.717, 1.165) is 5.56 Å². The quantitative estimate of drug-likeness (QED) is 0.467. The van der Waals surface area contributed by atoms with Crippen molar-refractivity contribution in [1.82, 2.24) is 10.3 Å². The highest BCUT2D eigenvalue weighted by molar-refractivity contribution is 5.80. The van der Waals surface area contributed by atoms with Crippen LogP contribution in [0.25, 0.3) is 11.7 Å². The maximum absolute atomic E-state index is 13.1. The molecular formula is C25H22N4O4. The van der Waals surface area contributed by atoms with E-state index in [2.05, 4.69) is 16.4 Å². The van der Waals surface area contributed by atoms with E-state index in [0.29, 0.717) is 43.3 Å². The normalized spacial score (nSPS) is 15.2. The maximum Gasteiger partial charge on any atom is 0.266 e. The summed E-state index contributed by atoms with van der Waals surface area (Å²) in [6.45, 7) is 1.16. The minimum atomic E-state index is -0.345. The Bertz CT molecular complexity index is 1230. The molecule has 1 aliphatic heterocycles. The van der Waals surface area contributed by atoms with Crippen LogP contribution in [0.2, 0.25) is 0 Å². The van der Waals surface area contributed by atoms with Gasteiger partial charge in [-0.2, -0.15) is 10.2 Å². The van der Waals surface area contributed by atoms with Gasteiger partial charge in [0.05, 0.1) is 12.5 Å². The highest BCUT2D eigenvalue weighted by Gasteiger charge is 2.31. The van der Waals surface area contributed by atoms with Crippen LogP contribution in [0.5, 0.6) is 0 Å². The molecule has 1 saturated heterocycles. The van der Waals surface area contributed by atoms with Gasteiger partial charge in [-0.3, -0.25) is 4.79 Å². The summed E-state index contributed by atoms with van der Waals surface area (Å²) < 4.78 is 16.8. The van der Waals surface area contributed by atoms with E-state index in [1.54, 1.807) is 18.4 Å². The highest BCUT2D eigenvalue weighted by Crippen LogP contribution is 2.32. The fourth-order valence-electron chi connectivity index (χ4n) is 4.13. The molecule has 1 aromatic carbocycles. The minimum absolute atomic E-state index is 0.0192. The summed E-state index contributed by atoms with van der Waals surface area (Å²) in [6.07, 6.45) is 4.40. The summed E-state index contributed by atoms with van der Waals surface area (Å²) in [6, 6.07) is 18.7. The molecule has 1 N–H and O–H groups in total. The maximum atomic E-state index is 13.1. The number of nitrogens with one attached hydrogen (secondary N) is 1. The Hall–Kier alpha value is -4.25. The molecule has 1 fully saturated rings. The molecule has 1 amide bonds. The van der Waals surface area contributed by atoms with Gasteiger partial charge in [0.2, 0.25) is 17.5 Å². The molecule has 1 unspecified atom stereocenters. The lowest BCUT2D eigenvalue weighted by molar-refractivity contribution is -0.126. The molecule has 1 aliphatic rings. The molecule has 4 aromatic rings. The number of rotatable bonds is 6. The van der Waals surface area contributed by atoms with E-state index in [-0.39, 0.29) is 29.5 Å².